The predicted octanol–water partition coefficient (Wildman–Crippen LogP) is 4.06. The number of hydrogen-bond donors (Lipinski definition) is 1. The van der Waals surface area contributed by atoms with Gasteiger partial charge in [-0.15, -0.1) is 0 Å². The molecule has 3 aromatic rings. The molecule has 1 N–H and O–H groups in total. The molecule has 0 saturated heterocycles. The number of carbonyl (C=O) groups excluding carboxylic acids is 1. The molecule has 0 aliphatic heterocycles. The summed E-state index contributed by atoms with van der Waals surface area (Å²) in [5.41, 5.74) is -2.43. The Hall–Kier alpha value is -3.09. The number of anilines is 1. The second-order valence-corrected chi connectivity index (χ2v) is 4.98. The number of alkyl halides is 3. The minimum atomic E-state index is -4.63. The molecule has 0 aliphatic rings. The van der Waals surface area contributed by atoms with E-state index in [9.17, 15) is 22.8 Å². The Morgan fingerprint density at radius 2 is 1.67 bits per heavy atom. The normalized spacial score (nSPS) is 11.5. The van der Waals surface area contributed by atoms with Crippen LogP contribution in [0.25, 0.3) is 11.0 Å². The number of hydrogen-bond acceptors (Lipinski definition) is 3. The second kappa shape index (κ2) is 5.84. The zero-order valence-electron chi connectivity index (χ0n) is 12.1. The van der Waals surface area contributed by atoms with Gasteiger partial charge < -0.3 is 9.73 Å². The first-order valence-corrected chi connectivity index (χ1v) is 6.87. The molecule has 0 bridgehead atoms. The molecule has 0 saturated carbocycles. The molecule has 0 aliphatic carbocycles. The fourth-order valence-electron chi connectivity index (χ4n) is 2.25. The molecule has 1 heterocycles. The third kappa shape index (κ3) is 3.01. The van der Waals surface area contributed by atoms with E-state index >= 15 is 0 Å². The van der Waals surface area contributed by atoms with Crippen LogP contribution in [0.3, 0.4) is 0 Å². The first-order chi connectivity index (χ1) is 11.4. The maximum atomic E-state index is 13.0. The molecule has 122 valence electrons. The minimum Gasteiger partial charge on any atom is -0.422 e. The van der Waals surface area contributed by atoms with Gasteiger partial charge in [-0.05, 0) is 24.3 Å². The van der Waals surface area contributed by atoms with E-state index in [4.69, 9.17) is 4.42 Å². The average molecular weight is 333 g/mol. The lowest BCUT2D eigenvalue weighted by Crippen LogP contribution is -2.22. The Balaban J connectivity index is 2.00. The third-order valence-electron chi connectivity index (χ3n) is 3.37. The Labute approximate surface area is 133 Å². The number of benzene rings is 2. The third-order valence-corrected chi connectivity index (χ3v) is 3.37. The van der Waals surface area contributed by atoms with Crippen molar-refractivity contribution in [3.8, 4) is 0 Å². The summed E-state index contributed by atoms with van der Waals surface area (Å²) < 4.78 is 43.9. The van der Waals surface area contributed by atoms with Crippen LogP contribution in [-0.2, 0) is 6.18 Å². The molecule has 1 aromatic heterocycles. The van der Waals surface area contributed by atoms with Crippen molar-refractivity contribution >= 4 is 22.6 Å². The first-order valence-electron chi connectivity index (χ1n) is 6.87. The summed E-state index contributed by atoms with van der Waals surface area (Å²) >= 11 is 0. The van der Waals surface area contributed by atoms with Crippen LogP contribution in [0.5, 0.6) is 0 Å². The highest BCUT2D eigenvalue weighted by Gasteiger charge is 2.33. The highest BCUT2D eigenvalue weighted by molar-refractivity contribution is 6.05. The number of para-hydroxylation sites is 2. The highest BCUT2D eigenvalue weighted by Crippen LogP contribution is 2.34. The van der Waals surface area contributed by atoms with Crippen LogP contribution < -0.4 is 10.9 Å². The van der Waals surface area contributed by atoms with E-state index in [0.717, 1.165) is 12.1 Å². The van der Waals surface area contributed by atoms with Crippen molar-refractivity contribution in [2.24, 2.45) is 0 Å². The lowest BCUT2D eigenvalue weighted by atomic mass is 10.1. The number of carbonyl (C=O) groups is 1. The van der Waals surface area contributed by atoms with Crippen LogP contribution >= 0.6 is 0 Å². The summed E-state index contributed by atoms with van der Waals surface area (Å²) in [6, 6.07) is 12.3. The van der Waals surface area contributed by atoms with Gasteiger partial charge in [-0.3, -0.25) is 4.79 Å². The Morgan fingerprint density at radius 3 is 2.42 bits per heavy atom. The monoisotopic (exact) mass is 333 g/mol. The molecule has 3 rings (SSSR count). The van der Waals surface area contributed by atoms with Crippen molar-refractivity contribution < 1.29 is 22.4 Å². The molecule has 0 unspecified atom stereocenters. The van der Waals surface area contributed by atoms with E-state index in [1.807, 2.05) is 0 Å². The quantitative estimate of drug-likeness (QED) is 0.719. The number of amides is 1. The highest BCUT2D eigenvalue weighted by atomic mass is 19.4. The van der Waals surface area contributed by atoms with E-state index in [1.165, 1.54) is 18.2 Å². The molecular formula is C17H10F3NO3. The molecule has 7 heteroatoms. The zero-order valence-corrected chi connectivity index (χ0v) is 12.1. The SMILES string of the molecule is O=C(Nc1ccccc1C(F)(F)F)c1cc2ccccc2oc1=O. The van der Waals surface area contributed by atoms with Crippen LogP contribution in [0.15, 0.2) is 63.8 Å². The van der Waals surface area contributed by atoms with E-state index < -0.39 is 29.0 Å². The smallest absolute Gasteiger partial charge is 0.418 e. The van der Waals surface area contributed by atoms with Gasteiger partial charge in [-0.25, -0.2) is 4.79 Å². The van der Waals surface area contributed by atoms with Crippen LogP contribution in [-0.4, -0.2) is 5.91 Å². The Kier molecular flexibility index (Phi) is 3.84. The predicted molar refractivity (Wildman–Crippen MR) is 81.9 cm³/mol. The van der Waals surface area contributed by atoms with Gasteiger partial charge in [0.25, 0.3) is 5.91 Å². The lowest BCUT2D eigenvalue weighted by Gasteiger charge is -2.13. The summed E-state index contributed by atoms with van der Waals surface area (Å²) in [6.07, 6.45) is -4.63. The van der Waals surface area contributed by atoms with Crippen molar-refractivity contribution in [1.29, 1.82) is 0 Å². The van der Waals surface area contributed by atoms with Gasteiger partial charge in [0.15, 0.2) is 0 Å². The number of halogens is 3. The van der Waals surface area contributed by atoms with Gasteiger partial charge in [0.1, 0.15) is 11.1 Å². The molecule has 4 nitrogen and oxygen atoms in total. The van der Waals surface area contributed by atoms with Gasteiger partial charge in [-0.2, -0.15) is 13.2 Å². The molecule has 0 atom stereocenters. The van der Waals surface area contributed by atoms with Crippen molar-refractivity contribution in [3.05, 3.63) is 76.1 Å². The molecule has 2 aromatic carbocycles. The number of nitrogens with one attached hydrogen (secondary N) is 1. The fourth-order valence-corrected chi connectivity index (χ4v) is 2.25. The number of fused-ring (bicyclic) bond motifs is 1. The molecular weight excluding hydrogens is 323 g/mol. The second-order valence-electron chi connectivity index (χ2n) is 4.98. The van der Waals surface area contributed by atoms with Gasteiger partial charge in [0.05, 0.1) is 11.3 Å². The van der Waals surface area contributed by atoms with Crippen molar-refractivity contribution in [3.63, 3.8) is 0 Å². The minimum absolute atomic E-state index is 0.287. The topological polar surface area (TPSA) is 59.3 Å². The van der Waals surface area contributed by atoms with E-state index in [1.54, 1.807) is 24.3 Å². The van der Waals surface area contributed by atoms with Crippen LogP contribution in [0.4, 0.5) is 18.9 Å². The summed E-state index contributed by atoms with van der Waals surface area (Å²) in [4.78, 5) is 24.1. The lowest BCUT2D eigenvalue weighted by molar-refractivity contribution is -0.136. The maximum absolute atomic E-state index is 13.0. The van der Waals surface area contributed by atoms with E-state index in [0.29, 0.717) is 5.39 Å². The molecule has 1 amide bonds. The van der Waals surface area contributed by atoms with Gasteiger partial charge in [0, 0.05) is 5.39 Å². The van der Waals surface area contributed by atoms with Crippen molar-refractivity contribution in [2.75, 3.05) is 5.32 Å². The summed E-state index contributed by atoms with van der Waals surface area (Å²) in [5, 5.41) is 2.61. The largest absolute Gasteiger partial charge is 0.422 e. The van der Waals surface area contributed by atoms with Crippen molar-refractivity contribution in [1.82, 2.24) is 0 Å². The maximum Gasteiger partial charge on any atom is 0.418 e. The van der Waals surface area contributed by atoms with Crippen LogP contribution in [0, 0.1) is 0 Å². The van der Waals surface area contributed by atoms with Crippen LogP contribution in [0.2, 0.25) is 0 Å². The van der Waals surface area contributed by atoms with Crippen molar-refractivity contribution in [2.45, 2.75) is 6.18 Å². The van der Waals surface area contributed by atoms with Gasteiger partial charge >= 0.3 is 11.8 Å². The molecule has 24 heavy (non-hydrogen) atoms. The first kappa shape index (κ1) is 15.8. The molecule has 0 spiro atoms. The average Bonchev–Trinajstić information content (AvgIpc) is 2.53. The van der Waals surface area contributed by atoms with Crippen LogP contribution in [0.1, 0.15) is 15.9 Å². The van der Waals surface area contributed by atoms with E-state index in [2.05, 4.69) is 5.32 Å². The Morgan fingerprint density at radius 1 is 1.00 bits per heavy atom. The Bertz CT molecular complexity index is 976. The molecule has 0 fully saturated rings. The standard InChI is InChI=1S/C17H10F3NO3/c18-17(19,20)12-6-2-3-7-13(12)21-15(22)11-9-10-5-1-4-8-14(10)24-16(11)23/h1-9H,(H,21,22). The number of rotatable bonds is 2. The van der Waals surface area contributed by atoms with Gasteiger partial charge in [0.2, 0.25) is 0 Å². The summed E-state index contributed by atoms with van der Waals surface area (Å²) in [6.45, 7) is 0. The van der Waals surface area contributed by atoms with E-state index in [-0.39, 0.29) is 11.1 Å². The summed E-state index contributed by atoms with van der Waals surface area (Å²) in [7, 11) is 0. The zero-order chi connectivity index (χ0) is 17.3. The summed E-state index contributed by atoms with van der Waals surface area (Å²) in [5.74, 6) is -0.966. The molecule has 0 radical (unpaired) electrons. The van der Waals surface area contributed by atoms with Gasteiger partial charge in [-0.1, -0.05) is 30.3 Å². The fraction of sp³-hybridized carbons (Fsp3) is 0.0588.